The summed E-state index contributed by atoms with van der Waals surface area (Å²) in [6, 6.07) is 22.3. The molecular formula is C44H54N4O6. The number of likely N-dealkylation sites (tertiary alicyclic amines) is 1. The Hall–Kier alpha value is -4.93. The number of hydrogen-bond donors (Lipinski definition) is 1. The van der Waals surface area contributed by atoms with E-state index in [4.69, 9.17) is 9.47 Å². The quantitative estimate of drug-likeness (QED) is 0.170. The Morgan fingerprint density at radius 1 is 0.907 bits per heavy atom. The zero-order valence-corrected chi connectivity index (χ0v) is 32.2. The molecule has 0 aliphatic carbocycles. The Labute approximate surface area is 319 Å². The molecule has 3 aliphatic heterocycles. The Morgan fingerprint density at radius 2 is 1.46 bits per heavy atom. The molecule has 286 valence electrons. The monoisotopic (exact) mass is 734 g/mol. The zero-order chi connectivity index (χ0) is 38.8. The minimum Gasteiger partial charge on any atom is -0.494 e. The molecule has 0 radical (unpaired) electrons. The topological polar surface area (TPSA) is 103 Å². The molecule has 3 aromatic carbocycles. The van der Waals surface area contributed by atoms with Crippen LogP contribution in [0.15, 0.2) is 104 Å². The van der Waals surface area contributed by atoms with E-state index in [2.05, 4.69) is 31.9 Å². The number of aliphatic hydroxyl groups is 1. The lowest BCUT2D eigenvalue weighted by Crippen LogP contribution is -2.57. The number of hydrogen-bond acceptors (Lipinski definition) is 7. The van der Waals surface area contributed by atoms with Crippen LogP contribution in [0, 0.1) is 17.8 Å². The van der Waals surface area contributed by atoms with Gasteiger partial charge in [-0.1, -0.05) is 49.4 Å². The Morgan fingerprint density at radius 3 is 2.00 bits per heavy atom. The highest BCUT2D eigenvalue weighted by molar-refractivity contribution is 6.07. The number of anilines is 3. The van der Waals surface area contributed by atoms with E-state index in [1.807, 2.05) is 99.6 Å². The van der Waals surface area contributed by atoms with Crippen molar-refractivity contribution in [3.05, 3.63) is 110 Å². The van der Waals surface area contributed by atoms with E-state index in [1.54, 1.807) is 22.0 Å². The number of fused-ring (bicyclic) bond motifs is 1. The molecule has 0 aromatic heterocycles. The van der Waals surface area contributed by atoms with Gasteiger partial charge in [0.2, 0.25) is 11.8 Å². The van der Waals surface area contributed by atoms with Crippen LogP contribution in [0.3, 0.4) is 0 Å². The van der Waals surface area contributed by atoms with Crippen molar-refractivity contribution in [1.29, 1.82) is 0 Å². The first kappa shape index (κ1) is 38.8. The van der Waals surface area contributed by atoms with E-state index in [0.717, 1.165) is 18.8 Å². The number of rotatable bonds is 16. The fourth-order valence-electron chi connectivity index (χ4n) is 9.24. The summed E-state index contributed by atoms with van der Waals surface area (Å²) in [5.74, 6) is -2.42. The molecule has 3 fully saturated rings. The number of carbonyl (C=O) groups excluding carboxylic acids is 3. The summed E-state index contributed by atoms with van der Waals surface area (Å²) in [5, 5.41) is 11.0. The number of benzene rings is 3. The molecule has 2 bridgehead atoms. The summed E-state index contributed by atoms with van der Waals surface area (Å²) in [4.78, 5) is 52.8. The van der Waals surface area contributed by atoms with Gasteiger partial charge in [0.05, 0.1) is 36.7 Å². The third-order valence-electron chi connectivity index (χ3n) is 11.9. The van der Waals surface area contributed by atoms with Crippen LogP contribution in [-0.2, 0) is 19.1 Å². The van der Waals surface area contributed by atoms with Crippen molar-refractivity contribution in [2.24, 2.45) is 17.8 Å². The van der Waals surface area contributed by atoms with Gasteiger partial charge in [-0.15, -0.1) is 13.2 Å². The van der Waals surface area contributed by atoms with Gasteiger partial charge in [-0.05, 0) is 94.1 Å². The lowest BCUT2D eigenvalue weighted by atomic mass is 9.62. The smallest absolute Gasteiger partial charge is 0.253 e. The summed E-state index contributed by atoms with van der Waals surface area (Å²) in [7, 11) is 0. The molecular weight excluding hydrogens is 681 g/mol. The average molecular weight is 735 g/mol. The van der Waals surface area contributed by atoms with Gasteiger partial charge in [0.15, 0.2) is 0 Å². The molecule has 6 rings (SSSR count). The summed E-state index contributed by atoms with van der Waals surface area (Å²) in [6.07, 6.45) is 3.71. The number of nitrogens with zero attached hydrogens (tertiary/aromatic N) is 4. The van der Waals surface area contributed by atoms with Crippen molar-refractivity contribution in [1.82, 2.24) is 4.90 Å². The third-order valence-corrected chi connectivity index (χ3v) is 11.9. The summed E-state index contributed by atoms with van der Waals surface area (Å²) >= 11 is 0. The van der Waals surface area contributed by atoms with Crippen LogP contribution in [0.1, 0.15) is 52.6 Å². The van der Waals surface area contributed by atoms with Gasteiger partial charge in [-0.2, -0.15) is 0 Å². The fraction of sp³-hybridized carbons (Fsp3) is 0.432. The standard InChI is InChI=1S/C44H54N4O6/c1-8-26-46(34-22-24-35(25-23-34)53-12-5)40(50)37-38-41(51)48(36(29-49)31-16-14-13-15-17-31)39(44(38)28-30(6)43(37,7)54-44)42(52)47(27-9-2)33-20-18-32(19-21-33)45(10-3)11-4/h8-9,13-25,30,36-39,49H,1-2,10-12,26-29H2,3-7H3/t30?,36-,37-,38+,39?,43+,44?/m1/s1. The predicted molar refractivity (Wildman–Crippen MR) is 213 cm³/mol. The van der Waals surface area contributed by atoms with Crippen molar-refractivity contribution in [3.63, 3.8) is 0 Å². The maximum atomic E-state index is 15.4. The lowest BCUT2D eigenvalue weighted by Gasteiger charge is -2.39. The molecule has 54 heavy (non-hydrogen) atoms. The van der Waals surface area contributed by atoms with Gasteiger partial charge in [0.25, 0.3) is 5.91 Å². The SMILES string of the molecule is C=CCN(C(=O)C1N([C@H](CO)c2ccccc2)C(=O)[C@@H]2[C@H](C(=O)N(CC=C)c3ccc(OCC)cc3)[C@@]3(C)OC12CC3C)c1ccc(N(CC)CC)cc1. The highest BCUT2D eigenvalue weighted by Crippen LogP contribution is 2.66. The van der Waals surface area contributed by atoms with Crippen molar-refractivity contribution in [2.75, 3.05) is 54.1 Å². The van der Waals surface area contributed by atoms with E-state index < -0.39 is 41.7 Å². The molecule has 10 nitrogen and oxygen atoms in total. The Kier molecular flexibility index (Phi) is 11.4. The number of carbonyl (C=O) groups is 3. The van der Waals surface area contributed by atoms with Crippen LogP contribution in [-0.4, -0.2) is 84.4 Å². The van der Waals surface area contributed by atoms with Gasteiger partial charge >= 0.3 is 0 Å². The zero-order valence-electron chi connectivity index (χ0n) is 32.2. The summed E-state index contributed by atoms with van der Waals surface area (Å²) in [6.45, 7) is 20.1. The van der Waals surface area contributed by atoms with E-state index in [1.165, 1.54) is 4.90 Å². The summed E-state index contributed by atoms with van der Waals surface area (Å²) in [5.41, 5.74) is 0.603. The average Bonchev–Trinajstić information content (AvgIpc) is 3.70. The van der Waals surface area contributed by atoms with Crippen molar-refractivity contribution in [3.8, 4) is 5.75 Å². The predicted octanol–water partition coefficient (Wildman–Crippen LogP) is 6.41. The molecule has 0 saturated carbocycles. The van der Waals surface area contributed by atoms with E-state index in [9.17, 15) is 5.11 Å². The normalized spacial score (nSPS) is 25.9. The molecule has 3 aromatic rings. The van der Waals surface area contributed by atoms with Crippen LogP contribution in [0.25, 0.3) is 0 Å². The molecule has 3 saturated heterocycles. The maximum absolute atomic E-state index is 15.4. The van der Waals surface area contributed by atoms with Crippen LogP contribution in [0.2, 0.25) is 0 Å². The van der Waals surface area contributed by atoms with E-state index in [-0.39, 0.29) is 36.7 Å². The molecule has 7 atom stereocenters. The second-order valence-corrected chi connectivity index (χ2v) is 14.6. The minimum atomic E-state index is -1.34. The van der Waals surface area contributed by atoms with E-state index >= 15 is 14.4 Å². The first-order chi connectivity index (χ1) is 26.0. The highest BCUT2D eigenvalue weighted by Gasteiger charge is 2.80. The first-order valence-electron chi connectivity index (χ1n) is 19.2. The van der Waals surface area contributed by atoms with Gasteiger partial charge in [-0.3, -0.25) is 14.4 Å². The minimum absolute atomic E-state index is 0.178. The van der Waals surface area contributed by atoms with Crippen LogP contribution in [0.5, 0.6) is 5.75 Å². The molecule has 3 unspecified atom stereocenters. The van der Waals surface area contributed by atoms with Gasteiger partial charge in [0, 0.05) is 43.2 Å². The van der Waals surface area contributed by atoms with Gasteiger partial charge < -0.3 is 34.2 Å². The van der Waals surface area contributed by atoms with Crippen LogP contribution < -0.4 is 19.4 Å². The van der Waals surface area contributed by atoms with Gasteiger partial charge in [-0.25, -0.2) is 0 Å². The van der Waals surface area contributed by atoms with Crippen molar-refractivity contribution >= 4 is 34.8 Å². The maximum Gasteiger partial charge on any atom is 0.253 e. The van der Waals surface area contributed by atoms with Crippen LogP contribution >= 0.6 is 0 Å². The molecule has 3 aliphatic rings. The fourth-order valence-corrected chi connectivity index (χ4v) is 9.24. The van der Waals surface area contributed by atoms with Crippen LogP contribution in [0.4, 0.5) is 17.1 Å². The molecule has 3 heterocycles. The molecule has 3 amide bonds. The molecule has 1 N–H and O–H groups in total. The molecule has 1 spiro atoms. The Bertz CT molecular complexity index is 1830. The molecule has 10 heteroatoms. The van der Waals surface area contributed by atoms with Crippen molar-refractivity contribution in [2.45, 2.75) is 64.3 Å². The lowest BCUT2D eigenvalue weighted by molar-refractivity contribution is -0.149. The van der Waals surface area contributed by atoms with Gasteiger partial charge in [0.1, 0.15) is 17.4 Å². The third kappa shape index (κ3) is 6.39. The number of amides is 3. The van der Waals surface area contributed by atoms with Crippen molar-refractivity contribution < 1.29 is 29.0 Å². The number of ether oxygens (including phenoxy) is 2. The Balaban J connectivity index is 1.48. The largest absolute Gasteiger partial charge is 0.494 e. The first-order valence-corrected chi connectivity index (χ1v) is 19.2. The highest BCUT2D eigenvalue weighted by atomic mass is 16.5. The summed E-state index contributed by atoms with van der Waals surface area (Å²) < 4.78 is 12.8. The van der Waals surface area contributed by atoms with E-state index in [0.29, 0.717) is 35.7 Å². The second-order valence-electron chi connectivity index (χ2n) is 14.6. The second kappa shape index (κ2) is 15.8. The number of aliphatic hydroxyl groups excluding tert-OH is 1.